The van der Waals surface area contributed by atoms with Crippen LogP contribution in [0.4, 0.5) is 0 Å². The summed E-state index contributed by atoms with van der Waals surface area (Å²) < 4.78 is 0. The Morgan fingerprint density at radius 2 is 0.667 bits per heavy atom. The number of hydrogen-bond acceptors (Lipinski definition) is 1. The van der Waals surface area contributed by atoms with E-state index < -0.39 is 13.2 Å². The molecule has 0 saturated carbocycles. The van der Waals surface area contributed by atoms with Gasteiger partial charge in [-0.3, -0.25) is 0 Å². The van der Waals surface area contributed by atoms with Crippen LogP contribution >= 0.6 is 7.26 Å². The zero-order chi connectivity index (χ0) is 25.9. The average molecular weight is 594 g/mol. The molecule has 0 spiro atoms. The molecule has 1 N–H and O–H groups in total. The second-order valence-corrected chi connectivity index (χ2v) is 15.8. The number of aliphatic carboxylic acids is 1. The fourth-order valence-corrected chi connectivity index (χ4v) is 10.0. The molecule has 4 heteroatoms. The number of unbranched alkanes of at least 4 members (excludes halogenated alkanes) is 21. The van der Waals surface area contributed by atoms with Crippen LogP contribution in [0.25, 0.3) is 0 Å². The minimum Gasteiger partial charge on any atom is -1.00 e. The molecular weight excluding hydrogens is 527 g/mol. The van der Waals surface area contributed by atoms with E-state index in [-0.39, 0.29) is 17.0 Å². The summed E-state index contributed by atoms with van der Waals surface area (Å²) >= 11 is 0. The molecule has 0 unspecified atom stereocenters. The van der Waals surface area contributed by atoms with Gasteiger partial charge in [0.05, 0.1) is 18.5 Å². The first-order valence-electron chi connectivity index (χ1n) is 16.2. The topological polar surface area (TPSA) is 37.3 Å². The van der Waals surface area contributed by atoms with Crippen LogP contribution in [-0.2, 0) is 4.79 Å². The quantitative estimate of drug-likeness (QED) is 0.0697. The van der Waals surface area contributed by atoms with E-state index in [9.17, 15) is 9.90 Å². The van der Waals surface area contributed by atoms with Crippen LogP contribution in [0.15, 0.2) is 0 Å². The molecule has 0 saturated heterocycles. The summed E-state index contributed by atoms with van der Waals surface area (Å²) in [6.07, 6.45) is 36.7. The number of hydrogen-bond donors (Lipinski definition) is 1. The van der Waals surface area contributed by atoms with Gasteiger partial charge in [-0.05, 0) is 38.5 Å². The Kier molecular flexibility index (Phi) is 32.0. The molecule has 0 aromatic rings. The van der Waals surface area contributed by atoms with Crippen molar-refractivity contribution in [2.24, 2.45) is 0 Å². The molecule has 0 aromatic heterocycles. The molecule has 0 amide bonds. The number of halogens is 1. The van der Waals surface area contributed by atoms with Crippen molar-refractivity contribution in [2.75, 3.05) is 24.6 Å². The predicted molar refractivity (Wildman–Crippen MR) is 162 cm³/mol. The van der Waals surface area contributed by atoms with Gasteiger partial charge in [0.2, 0.25) is 0 Å². The highest BCUT2D eigenvalue weighted by Gasteiger charge is 2.38. The van der Waals surface area contributed by atoms with Gasteiger partial charge in [-0.2, -0.15) is 0 Å². The third-order valence-corrected chi connectivity index (χ3v) is 12.7. The van der Waals surface area contributed by atoms with Crippen molar-refractivity contribution < 1.29 is 26.9 Å². The summed E-state index contributed by atoms with van der Waals surface area (Å²) in [5, 5.41) is 9.85. The molecule has 36 heavy (non-hydrogen) atoms. The van der Waals surface area contributed by atoms with Gasteiger partial charge in [-0.1, -0.05) is 136 Å². The Morgan fingerprint density at radius 3 is 0.889 bits per heavy atom. The van der Waals surface area contributed by atoms with Crippen LogP contribution in [0.1, 0.15) is 175 Å². The fourth-order valence-electron chi connectivity index (χ4n) is 5.60. The van der Waals surface area contributed by atoms with Crippen molar-refractivity contribution >= 4 is 13.2 Å². The van der Waals surface area contributed by atoms with E-state index in [1.165, 1.54) is 173 Å². The smallest absolute Gasteiger partial charge is 0.341 e. The summed E-state index contributed by atoms with van der Waals surface area (Å²) in [6, 6.07) is 0. The molecule has 218 valence electrons. The molecule has 0 aliphatic carbocycles. The van der Waals surface area contributed by atoms with Crippen molar-refractivity contribution in [2.45, 2.75) is 175 Å². The maximum absolute atomic E-state index is 11.9. The second kappa shape index (κ2) is 29.9. The lowest BCUT2D eigenvalue weighted by atomic mass is 10.1. The van der Waals surface area contributed by atoms with Crippen LogP contribution in [-0.4, -0.2) is 35.7 Å². The highest BCUT2D eigenvalue weighted by atomic mass is 79.9. The van der Waals surface area contributed by atoms with E-state index in [1.807, 2.05) is 0 Å². The second-order valence-electron chi connectivity index (χ2n) is 11.5. The normalized spacial score (nSPS) is 11.5. The minimum absolute atomic E-state index is 0. The Morgan fingerprint density at radius 1 is 0.444 bits per heavy atom. The van der Waals surface area contributed by atoms with Crippen molar-refractivity contribution in [1.29, 1.82) is 0 Å². The minimum atomic E-state index is -1.35. The van der Waals surface area contributed by atoms with Gasteiger partial charge < -0.3 is 22.1 Å². The summed E-state index contributed by atoms with van der Waals surface area (Å²) in [6.45, 7) is 6.85. The van der Waals surface area contributed by atoms with Gasteiger partial charge in [-0.15, -0.1) is 0 Å². The predicted octanol–water partition coefficient (Wildman–Crippen LogP) is 8.51. The summed E-state index contributed by atoms with van der Waals surface area (Å²) in [4.78, 5) is 11.9. The first-order valence-corrected chi connectivity index (χ1v) is 18.7. The van der Waals surface area contributed by atoms with Gasteiger partial charge in [-0.25, -0.2) is 4.79 Å². The zero-order valence-electron chi connectivity index (χ0n) is 25.0. The van der Waals surface area contributed by atoms with E-state index >= 15 is 0 Å². The van der Waals surface area contributed by atoms with Crippen molar-refractivity contribution in [1.82, 2.24) is 0 Å². The third-order valence-electron chi connectivity index (χ3n) is 7.93. The van der Waals surface area contributed by atoms with Gasteiger partial charge in [0.1, 0.15) is 0 Å². The van der Waals surface area contributed by atoms with Crippen molar-refractivity contribution in [3.8, 4) is 0 Å². The van der Waals surface area contributed by atoms with Crippen LogP contribution in [0.5, 0.6) is 0 Å². The molecule has 0 rings (SSSR count). The zero-order valence-corrected chi connectivity index (χ0v) is 27.5. The molecular formula is C32H66BrO2P. The molecule has 0 bridgehead atoms. The Labute approximate surface area is 239 Å². The lowest BCUT2D eigenvalue weighted by molar-refractivity contribution is -0.134. The molecule has 0 atom stereocenters. The lowest BCUT2D eigenvalue weighted by Crippen LogP contribution is -3.00. The Bertz CT molecular complexity index is 394. The number of carbonyl (C=O) groups is 1. The van der Waals surface area contributed by atoms with Crippen LogP contribution in [0, 0.1) is 0 Å². The van der Waals surface area contributed by atoms with Gasteiger partial charge in [0.25, 0.3) is 0 Å². The average Bonchev–Trinajstić information content (AvgIpc) is 2.83. The van der Waals surface area contributed by atoms with Gasteiger partial charge >= 0.3 is 5.97 Å². The number of carboxylic acids is 1. The highest BCUT2D eigenvalue weighted by Crippen LogP contribution is 2.60. The molecule has 0 aliphatic rings. The molecule has 0 radical (unpaired) electrons. The molecule has 0 aliphatic heterocycles. The van der Waals surface area contributed by atoms with Crippen molar-refractivity contribution in [3.05, 3.63) is 0 Å². The maximum Gasteiger partial charge on any atom is 0.341 e. The first-order chi connectivity index (χ1) is 17.1. The number of carboxylic acid groups (broad SMARTS) is 1. The largest absolute Gasteiger partial charge is 1.00 e. The maximum atomic E-state index is 11.9. The standard InChI is InChI=1S/C32H65O2P.BrH/c1-4-7-10-13-16-19-22-25-28-35(31-32(33)34,29-26-23-20-17-14-11-8-5-2)30-27-24-21-18-15-12-9-6-3;/h4-31H2,1-3H3;1H. The SMILES string of the molecule is CCCCCCCCCC[P+](CCCCCCCCCC)(CCCCCCCCCC)CC(=O)O.[Br-]. The highest BCUT2D eigenvalue weighted by molar-refractivity contribution is 7.76. The Hall–Kier alpha value is 0.380. The van der Waals surface area contributed by atoms with E-state index in [0.29, 0.717) is 6.16 Å². The summed E-state index contributed by atoms with van der Waals surface area (Å²) in [5.74, 6) is -0.517. The van der Waals surface area contributed by atoms with Crippen LogP contribution in [0.2, 0.25) is 0 Å². The van der Waals surface area contributed by atoms with Crippen LogP contribution < -0.4 is 17.0 Å². The van der Waals surface area contributed by atoms with E-state index in [1.54, 1.807) is 0 Å². The molecule has 0 heterocycles. The van der Waals surface area contributed by atoms with Crippen molar-refractivity contribution in [3.63, 3.8) is 0 Å². The van der Waals surface area contributed by atoms with E-state index in [4.69, 9.17) is 0 Å². The summed E-state index contributed by atoms with van der Waals surface area (Å²) in [7, 11) is -1.35. The third kappa shape index (κ3) is 26.0. The summed E-state index contributed by atoms with van der Waals surface area (Å²) in [5.41, 5.74) is 0. The molecule has 0 fully saturated rings. The fraction of sp³-hybridized carbons (Fsp3) is 0.969. The lowest BCUT2D eigenvalue weighted by Gasteiger charge is -2.27. The monoisotopic (exact) mass is 592 g/mol. The molecule has 0 aromatic carbocycles. The first kappa shape index (κ1) is 38.5. The van der Waals surface area contributed by atoms with E-state index in [0.717, 1.165) is 0 Å². The van der Waals surface area contributed by atoms with E-state index in [2.05, 4.69) is 20.8 Å². The van der Waals surface area contributed by atoms with Crippen LogP contribution in [0.3, 0.4) is 0 Å². The number of rotatable bonds is 29. The molecule has 2 nitrogen and oxygen atoms in total. The van der Waals surface area contributed by atoms with Gasteiger partial charge in [0, 0.05) is 7.26 Å². The van der Waals surface area contributed by atoms with Gasteiger partial charge in [0.15, 0.2) is 6.16 Å². The Balaban J connectivity index is 0.